The molecule has 0 aromatic heterocycles. The standard InChI is InChI=1S/C12H12O/c1-8-6-7-11(13)12-9(2)4-3-5-10(8)12/h3-7,13H,1-2H3/i7D. The molecule has 1 heteroatoms. The molecule has 0 radical (unpaired) electrons. The molecule has 0 fully saturated rings. The van der Waals surface area contributed by atoms with Gasteiger partial charge in [-0.3, -0.25) is 0 Å². The summed E-state index contributed by atoms with van der Waals surface area (Å²) in [6.45, 7) is 3.90. The molecule has 0 aliphatic rings. The third-order valence-electron chi connectivity index (χ3n) is 2.36. The van der Waals surface area contributed by atoms with E-state index in [1.54, 1.807) is 6.07 Å². The van der Waals surface area contributed by atoms with Gasteiger partial charge in [0.15, 0.2) is 0 Å². The van der Waals surface area contributed by atoms with Crippen LogP contribution in [0, 0.1) is 13.8 Å². The van der Waals surface area contributed by atoms with Crippen molar-refractivity contribution in [2.75, 3.05) is 0 Å². The Hall–Kier alpha value is -1.50. The number of phenolic OH excluding ortho intramolecular Hbond substituents is 1. The largest absolute Gasteiger partial charge is 0.507 e. The SMILES string of the molecule is [2H]c1cc(C)c2cccc(C)c2c1O. The fourth-order valence-corrected chi connectivity index (χ4v) is 1.64. The zero-order valence-electron chi connectivity index (χ0n) is 8.76. The highest BCUT2D eigenvalue weighted by atomic mass is 16.3. The Morgan fingerprint density at radius 3 is 2.69 bits per heavy atom. The normalized spacial score (nSPS) is 11.7. The summed E-state index contributed by atoms with van der Waals surface area (Å²) in [6.07, 6.45) is 0. The lowest BCUT2D eigenvalue weighted by molar-refractivity contribution is 0.481. The molecule has 2 aromatic carbocycles. The molecule has 0 aliphatic heterocycles. The second-order valence-electron chi connectivity index (χ2n) is 3.32. The Morgan fingerprint density at radius 2 is 1.92 bits per heavy atom. The number of hydrogen-bond acceptors (Lipinski definition) is 1. The molecule has 1 N–H and O–H groups in total. The summed E-state index contributed by atoms with van der Waals surface area (Å²) in [6, 6.07) is 7.77. The average Bonchev–Trinajstić information content (AvgIpc) is 2.14. The van der Waals surface area contributed by atoms with Gasteiger partial charge in [-0.15, -0.1) is 0 Å². The van der Waals surface area contributed by atoms with Crippen molar-refractivity contribution >= 4 is 10.8 Å². The maximum atomic E-state index is 9.78. The summed E-state index contributed by atoms with van der Waals surface area (Å²) in [5.74, 6) is 0.0868. The Morgan fingerprint density at radius 1 is 1.15 bits per heavy atom. The molecule has 66 valence electrons. The predicted octanol–water partition coefficient (Wildman–Crippen LogP) is 3.16. The van der Waals surface area contributed by atoms with Gasteiger partial charge in [0.25, 0.3) is 0 Å². The van der Waals surface area contributed by atoms with E-state index in [4.69, 9.17) is 1.37 Å². The van der Waals surface area contributed by atoms with E-state index in [0.29, 0.717) is 0 Å². The highest BCUT2D eigenvalue weighted by Crippen LogP contribution is 2.29. The van der Waals surface area contributed by atoms with E-state index in [2.05, 4.69) is 0 Å². The minimum absolute atomic E-state index is 0.0868. The van der Waals surface area contributed by atoms with Crippen molar-refractivity contribution in [1.82, 2.24) is 0 Å². The van der Waals surface area contributed by atoms with E-state index in [-0.39, 0.29) is 11.8 Å². The Labute approximate surface area is 79.0 Å². The van der Waals surface area contributed by atoms with Crippen molar-refractivity contribution in [2.24, 2.45) is 0 Å². The van der Waals surface area contributed by atoms with Crippen LogP contribution in [0.4, 0.5) is 0 Å². The Bertz CT molecular complexity index is 503. The van der Waals surface area contributed by atoms with Crippen molar-refractivity contribution in [3.05, 3.63) is 41.4 Å². The van der Waals surface area contributed by atoms with Gasteiger partial charge in [0.05, 0.1) is 1.37 Å². The van der Waals surface area contributed by atoms with E-state index >= 15 is 0 Å². The van der Waals surface area contributed by atoms with Gasteiger partial charge in [-0.25, -0.2) is 0 Å². The molecule has 0 aliphatic carbocycles. The summed E-state index contributed by atoms with van der Waals surface area (Å²) >= 11 is 0. The Balaban J connectivity index is 3.03. The van der Waals surface area contributed by atoms with Crippen LogP contribution in [0.15, 0.2) is 30.3 Å². The monoisotopic (exact) mass is 173 g/mol. The number of fused-ring (bicyclic) bond motifs is 1. The molecule has 0 saturated heterocycles. The lowest BCUT2D eigenvalue weighted by atomic mass is 10.0. The number of hydrogen-bond donors (Lipinski definition) is 1. The van der Waals surface area contributed by atoms with Crippen LogP contribution in [0.1, 0.15) is 12.5 Å². The molecule has 2 aromatic rings. The van der Waals surface area contributed by atoms with Crippen LogP contribution in [0.5, 0.6) is 5.75 Å². The molecular formula is C12H12O. The summed E-state index contributed by atoms with van der Waals surface area (Å²) in [7, 11) is 0. The molecule has 0 unspecified atom stereocenters. The van der Waals surface area contributed by atoms with Crippen LogP contribution in [-0.2, 0) is 0 Å². The second kappa shape index (κ2) is 2.77. The minimum atomic E-state index is 0.0868. The first kappa shape index (κ1) is 6.96. The third kappa shape index (κ3) is 1.17. The third-order valence-corrected chi connectivity index (χ3v) is 2.36. The van der Waals surface area contributed by atoms with Gasteiger partial charge in [0.2, 0.25) is 0 Å². The van der Waals surface area contributed by atoms with Crippen molar-refractivity contribution < 1.29 is 6.48 Å². The maximum Gasteiger partial charge on any atom is 0.123 e. The zero-order valence-corrected chi connectivity index (χ0v) is 7.76. The predicted molar refractivity (Wildman–Crippen MR) is 55.1 cm³/mol. The van der Waals surface area contributed by atoms with E-state index in [9.17, 15) is 5.11 Å². The molecule has 0 saturated carbocycles. The van der Waals surface area contributed by atoms with E-state index in [1.165, 1.54) is 0 Å². The summed E-state index contributed by atoms with van der Waals surface area (Å²) in [5, 5.41) is 11.6. The van der Waals surface area contributed by atoms with Crippen LogP contribution in [0.25, 0.3) is 10.8 Å². The fourth-order valence-electron chi connectivity index (χ4n) is 1.64. The number of rotatable bonds is 0. The van der Waals surface area contributed by atoms with Crippen LogP contribution >= 0.6 is 0 Å². The topological polar surface area (TPSA) is 20.2 Å². The first-order valence-corrected chi connectivity index (χ1v) is 4.29. The summed E-state index contributed by atoms with van der Waals surface area (Å²) in [4.78, 5) is 0. The molecule has 13 heavy (non-hydrogen) atoms. The molecule has 0 amide bonds. The number of phenols is 1. The molecule has 2 rings (SSSR count). The van der Waals surface area contributed by atoms with Gasteiger partial charge in [-0.05, 0) is 36.4 Å². The molecule has 1 nitrogen and oxygen atoms in total. The van der Waals surface area contributed by atoms with Gasteiger partial charge in [0, 0.05) is 5.39 Å². The highest BCUT2D eigenvalue weighted by Gasteiger charge is 2.03. The smallest absolute Gasteiger partial charge is 0.123 e. The van der Waals surface area contributed by atoms with Crippen molar-refractivity contribution in [2.45, 2.75) is 13.8 Å². The molecule has 0 heterocycles. The molecular weight excluding hydrogens is 160 g/mol. The van der Waals surface area contributed by atoms with Crippen molar-refractivity contribution in [1.29, 1.82) is 0 Å². The molecule has 0 bridgehead atoms. The van der Waals surface area contributed by atoms with Crippen molar-refractivity contribution in [3.63, 3.8) is 0 Å². The lowest BCUT2D eigenvalue weighted by Crippen LogP contribution is -1.82. The van der Waals surface area contributed by atoms with E-state index < -0.39 is 0 Å². The van der Waals surface area contributed by atoms with Crippen molar-refractivity contribution in [3.8, 4) is 5.75 Å². The minimum Gasteiger partial charge on any atom is -0.507 e. The Kier molecular flexibility index (Phi) is 1.48. The number of aromatic hydroxyl groups is 1. The van der Waals surface area contributed by atoms with Crippen LogP contribution in [-0.4, -0.2) is 5.11 Å². The number of aryl methyl sites for hydroxylation is 2. The van der Waals surface area contributed by atoms with Gasteiger partial charge in [-0.1, -0.05) is 24.3 Å². The van der Waals surface area contributed by atoms with Crippen LogP contribution < -0.4 is 0 Å². The van der Waals surface area contributed by atoms with Gasteiger partial charge < -0.3 is 5.11 Å². The van der Waals surface area contributed by atoms with E-state index in [0.717, 1.165) is 21.9 Å². The fraction of sp³-hybridized carbons (Fsp3) is 0.167. The molecule has 0 spiro atoms. The summed E-state index contributed by atoms with van der Waals surface area (Å²) in [5.41, 5.74) is 2.05. The zero-order chi connectivity index (χ0) is 10.3. The lowest BCUT2D eigenvalue weighted by Gasteiger charge is -2.06. The van der Waals surface area contributed by atoms with Gasteiger partial charge >= 0.3 is 0 Å². The van der Waals surface area contributed by atoms with Crippen LogP contribution in [0.3, 0.4) is 0 Å². The molecule has 0 atom stereocenters. The second-order valence-corrected chi connectivity index (χ2v) is 3.32. The highest BCUT2D eigenvalue weighted by molar-refractivity contribution is 5.93. The first-order chi connectivity index (χ1) is 6.61. The summed E-state index contributed by atoms with van der Waals surface area (Å²) < 4.78 is 7.59. The maximum absolute atomic E-state index is 9.78. The van der Waals surface area contributed by atoms with Gasteiger partial charge in [-0.2, -0.15) is 0 Å². The average molecular weight is 173 g/mol. The number of benzene rings is 2. The first-order valence-electron chi connectivity index (χ1n) is 4.79. The van der Waals surface area contributed by atoms with E-state index in [1.807, 2.05) is 32.0 Å². The van der Waals surface area contributed by atoms with Gasteiger partial charge in [0.1, 0.15) is 5.75 Å². The quantitative estimate of drug-likeness (QED) is 0.648. The van der Waals surface area contributed by atoms with Crippen LogP contribution in [0.2, 0.25) is 0 Å².